The molecule has 0 aromatic heterocycles. The number of rotatable bonds is 23. The van der Waals surface area contributed by atoms with Gasteiger partial charge in [-0.05, 0) is 99.9 Å². The Bertz CT molecular complexity index is 4970. The topological polar surface area (TPSA) is 490 Å². The van der Waals surface area contributed by atoms with Crippen molar-refractivity contribution in [2.75, 3.05) is 66.4 Å². The number of nitrogens with two attached hydrogens (primary N) is 2. The van der Waals surface area contributed by atoms with Crippen LogP contribution in [0.3, 0.4) is 0 Å². The number of benzene rings is 6. The van der Waals surface area contributed by atoms with Gasteiger partial charge >= 0.3 is 0 Å². The zero-order valence-electron chi connectivity index (χ0n) is 74.4. The normalized spacial score (nSPS) is 22.2. The molecule has 16 amide bonds. The van der Waals surface area contributed by atoms with Crippen molar-refractivity contribution < 1.29 is 86.9 Å². The van der Waals surface area contributed by atoms with Gasteiger partial charge < -0.3 is 94.0 Å². The first-order chi connectivity index (χ1) is 61.4. The molecule has 0 unspecified atom stereocenters. The number of allylic oxidation sites excluding steroid dienone is 1. The Morgan fingerprint density at radius 2 is 0.884 bits per heavy atom. The molecular formula is C94H120N16O18S. The Balaban J connectivity index is 1.21. The quantitative estimate of drug-likeness (QED) is 0.0436. The largest absolute Gasteiger partial charge is 0.508 e. The van der Waals surface area contributed by atoms with E-state index in [9.17, 15) is 48.6 Å². The van der Waals surface area contributed by atoms with Crippen LogP contribution in [0, 0.1) is 11.8 Å². The second kappa shape index (κ2) is 49.0. The zero-order valence-corrected chi connectivity index (χ0v) is 75.2. The van der Waals surface area contributed by atoms with Gasteiger partial charge in [0.1, 0.15) is 78.0 Å². The van der Waals surface area contributed by atoms with Gasteiger partial charge in [-0.2, -0.15) is 0 Å². The summed E-state index contributed by atoms with van der Waals surface area (Å²) in [5.41, 5.74) is 16.0. The number of hydrogen-bond donors (Lipinski definition) is 13. The van der Waals surface area contributed by atoms with Crippen LogP contribution in [0.2, 0.25) is 0 Å². The van der Waals surface area contributed by atoms with E-state index < -0.39 is 199 Å². The standard InChI is InChI=1S/C94H120N16O18S/c1-11-12-32-75-92(126)107(7)53-81(116)99-71(50-78(95)113)88(122)105-83(57(4)5)94(128)109(9)76(47-59-26-18-14-19-27-59)89(123)103-72(46-62-35-41-66(112)42-36-62)90(124)106(6)52-80(115)98-70(49-64-38-37-63-30-22-23-31-67(63)64)87(121)102-69(44-61-33-39-65(111)40-34-61)86(120)101-68(43-56(2)3)85(119)104-74(84(118)97-51-79(96)114)54-129-55-82(117)100-73(45-58-24-16-13-17-25-58)91(125)110(10)77(93(127)108(75)8)48-60-28-20-15-21-29-60/h13-31,33-36,38-42,56-57,68-77,83,111-112H,11-12,32,37,43-55H2,1-10H3,(H2,95,113)(H2,96,114)(H,97,118)(H,98,115)(H,99,116)(H,100,117)(H,101,120)(H,102,121)(H,103,123)(H,104,119)(H,105,122)/t68-,69-,70-,71-,72-,73-,74-,75-,76-,77-,83-/m0/s1. The molecule has 8 rings (SSSR count). The number of phenols is 2. The molecule has 15 N–H and O–H groups in total. The molecule has 1 aliphatic carbocycles. The molecule has 1 fully saturated rings. The Kier molecular flexibility index (Phi) is 38.4. The Morgan fingerprint density at radius 1 is 0.442 bits per heavy atom. The molecule has 690 valence electrons. The SMILES string of the molecule is CCCC[C@H]1C(=O)N(C)CC(=O)N[C@@H](CC(N)=O)C(=O)N[C@@H](C(C)C)C(=O)N(C)[C@@H](Cc2ccccc2)C(=O)N[C@@H](Cc2ccc(O)cc2)C(=O)N(C)CC(=O)N[C@@H](CC2=CCc3ccccc32)C(=O)N[C@@H](Cc2ccc(O)cc2)C(=O)N[C@@H](CC(C)C)C(=O)N[C@H](C(=O)NCC(N)=O)CSCC(=O)N[C@@H](Cc2ccccc2)C(=O)N(C)[C@@H](Cc2ccccc2)C(=O)N1C. The van der Waals surface area contributed by atoms with Crippen LogP contribution in [0.4, 0.5) is 0 Å². The van der Waals surface area contributed by atoms with E-state index in [2.05, 4.69) is 47.9 Å². The summed E-state index contributed by atoms with van der Waals surface area (Å²) in [5, 5.41) is 45.0. The first kappa shape index (κ1) is 101. The molecule has 34 nitrogen and oxygen atoms in total. The third-order valence-electron chi connectivity index (χ3n) is 22.3. The summed E-state index contributed by atoms with van der Waals surface area (Å²) in [7, 11) is 6.63. The van der Waals surface area contributed by atoms with Crippen molar-refractivity contribution >= 4 is 112 Å². The molecule has 6 aromatic carbocycles. The fourth-order valence-corrected chi connectivity index (χ4v) is 16.1. The lowest BCUT2D eigenvalue weighted by Gasteiger charge is -2.37. The van der Waals surface area contributed by atoms with Gasteiger partial charge in [0, 0.05) is 79.5 Å². The lowest BCUT2D eigenvalue weighted by molar-refractivity contribution is -0.151. The molecule has 11 atom stereocenters. The van der Waals surface area contributed by atoms with E-state index in [0.29, 0.717) is 52.7 Å². The highest BCUT2D eigenvalue weighted by molar-refractivity contribution is 8.00. The van der Waals surface area contributed by atoms with Crippen molar-refractivity contribution in [2.45, 2.75) is 178 Å². The predicted molar refractivity (Wildman–Crippen MR) is 484 cm³/mol. The molecule has 129 heavy (non-hydrogen) atoms. The minimum absolute atomic E-state index is 0.0478. The number of nitrogens with one attached hydrogen (secondary N) is 9. The van der Waals surface area contributed by atoms with Crippen molar-refractivity contribution in [1.82, 2.24) is 72.4 Å². The molecule has 35 heteroatoms. The van der Waals surface area contributed by atoms with E-state index >= 15 is 38.4 Å². The number of carbonyl (C=O) groups excluding carboxylic acids is 16. The van der Waals surface area contributed by atoms with Crippen LogP contribution in [0.15, 0.2) is 170 Å². The highest BCUT2D eigenvalue weighted by Gasteiger charge is 2.42. The summed E-state index contributed by atoms with van der Waals surface area (Å²) < 4.78 is 0. The fourth-order valence-electron chi connectivity index (χ4n) is 15.2. The maximum absolute atomic E-state index is 15.5. The summed E-state index contributed by atoms with van der Waals surface area (Å²) in [6, 6.07) is 28.1. The van der Waals surface area contributed by atoms with Crippen LogP contribution in [0.1, 0.15) is 112 Å². The monoisotopic (exact) mass is 1790 g/mol. The summed E-state index contributed by atoms with van der Waals surface area (Å²) in [4.78, 5) is 241. The van der Waals surface area contributed by atoms with Crippen LogP contribution >= 0.6 is 11.8 Å². The van der Waals surface area contributed by atoms with Gasteiger partial charge in [-0.15, -0.1) is 11.8 Å². The number of unbranched alkanes of at least 4 members (excludes halogenated alkanes) is 1. The van der Waals surface area contributed by atoms with Crippen molar-refractivity contribution in [3.05, 3.63) is 209 Å². The van der Waals surface area contributed by atoms with Crippen LogP contribution in [0.5, 0.6) is 11.5 Å². The highest BCUT2D eigenvalue weighted by Crippen LogP contribution is 2.31. The van der Waals surface area contributed by atoms with Crippen LogP contribution in [-0.4, -0.2) is 262 Å². The minimum Gasteiger partial charge on any atom is -0.508 e. The first-order valence-corrected chi connectivity index (χ1v) is 44.1. The molecule has 0 spiro atoms. The summed E-state index contributed by atoms with van der Waals surface area (Å²) in [6.07, 6.45) is 1.22. The number of carbonyl (C=O) groups is 16. The van der Waals surface area contributed by atoms with Crippen LogP contribution < -0.4 is 59.3 Å². The number of hydrogen-bond acceptors (Lipinski definition) is 19. The average molecular weight is 1790 g/mol. The van der Waals surface area contributed by atoms with Gasteiger partial charge in [0.15, 0.2) is 0 Å². The van der Waals surface area contributed by atoms with Gasteiger partial charge in [0.25, 0.3) is 0 Å². The number of likely N-dealkylation sites (N-methyl/N-ethyl adjacent to an activating group) is 5. The van der Waals surface area contributed by atoms with Crippen molar-refractivity contribution in [2.24, 2.45) is 23.3 Å². The van der Waals surface area contributed by atoms with E-state index in [-0.39, 0.29) is 74.5 Å². The molecule has 1 aliphatic heterocycles. The van der Waals surface area contributed by atoms with E-state index in [1.165, 1.54) is 93.6 Å². The summed E-state index contributed by atoms with van der Waals surface area (Å²) in [5.74, 6) is -16.5. The van der Waals surface area contributed by atoms with E-state index in [1.807, 2.05) is 31.2 Å². The highest BCUT2D eigenvalue weighted by atomic mass is 32.2. The number of amides is 16. The van der Waals surface area contributed by atoms with Crippen molar-refractivity contribution in [3.8, 4) is 11.5 Å². The molecule has 2 aliphatic rings. The van der Waals surface area contributed by atoms with Crippen molar-refractivity contribution in [3.63, 3.8) is 0 Å². The number of nitrogens with zero attached hydrogens (tertiary/aromatic N) is 5. The maximum Gasteiger partial charge on any atom is 0.246 e. The van der Waals surface area contributed by atoms with E-state index in [1.54, 1.807) is 125 Å². The third kappa shape index (κ3) is 30.6. The predicted octanol–water partition coefficient (Wildman–Crippen LogP) is 2.03. The minimum atomic E-state index is -1.78. The number of phenolic OH excluding ortho intramolecular Hbond substituents is 2. The molecule has 0 radical (unpaired) electrons. The summed E-state index contributed by atoms with van der Waals surface area (Å²) >= 11 is 0.838. The fraction of sp³-hybridized carbons (Fsp3) is 0.426. The van der Waals surface area contributed by atoms with Gasteiger partial charge in [-0.25, -0.2) is 0 Å². The Morgan fingerprint density at radius 3 is 1.42 bits per heavy atom. The molecule has 6 aromatic rings. The second-order valence-corrected chi connectivity index (χ2v) is 34.4. The summed E-state index contributed by atoms with van der Waals surface area (Å²) in [6.45, 7) is 6.33. The smallest absolute Gasteiger partial charge is 0.246 e. The first-order valence-electron chi connectivity index (χ1n) is 42.9. The van der Waals surface area contributed by atoms with Gasteiger partial charge in [-0.1, -0.05) is 193 Å². The average Bonchev–Trinajstić information content (AvgIpc) is 1.50. The molecule has 1 saturated heterocycles. The third-order valence-corrected chi connectivity index (χ3v) is 23.4. The van der Waals surface area contributed by atoms with Gasteiger partial charge in [-0.3, -0.25) is 76.7 Å². The molecule has 0 bridgehead atoms. The number of fused-ring (bicyclic) bond motifs is 1. The molecule has 1 heterocycles. The number of aromatic hydroxyl groups is 2. The van der Waals surface area contributed by atoms with Crippen LogP contribution in [0.25, 0.3) is 5.57 Å². The Hall–Kier alpha value is -13.5. The van der Waals surface area contributed by atoms with Crippen LogP contribution in [-0.2, 0) is 115 Å². The van der Waals surface area contributed by atoms with E-state index in [0.717, 1.165) is 37.6 Å². The van der Waals surface area contributed by atoms with E-state index in [4.69, 9.17) is 11.5 Å². The van der Waals surface area contributed by atoms with Crippen molar-refractivity contribution in [1.29, 1.82) is 0 Å². The molecule has 0 saturated carbocycles. The second-order valence-electron chi connectivity index (χ2n) is 33.4. The zero-order chi connectivity index (χ0) is 94.3. The maximum atomic E-state index is 15.5. The number of thioether (sulfide) groups is 1. The number of primary amides is 2. The van der Waals surface area contributed by atoms with Gasteiger partial charge in [0.05, 0.1) is 31.8 Å². The molecular weight excluding hydrogens is 1670 g/mol. The Labute approximate surface area is 755 Å². The lowest BCUT2D eigenvalue weighted by Crippen LogP contribution is -2.61. The lowest BCUT2D eigenvalue weighted by atomic mass is 9.98. The van der Waals surface area contributed by atoms with Gasteiger partial charge in [0.2, 0.25) is 94.5 Å².